The zero-order chi connectivity index (χ0) is 12.7. The molecular weight excluding hydrogens is 230 g/mol. The molecule has 2 atom stereocenters. The number of carboxylic acid groups (broad SMARTS) is 1. The standard InChI is InChI=1S/C14H21NO3/c16-13(6-9-2-1-3-9)15-7-11(10-4-5-10)12(8-15)14(17)18/h9-12H,1-8H2,(H,17,18)/t11-,12+/m1/s1. The molecule has 1 heterocycles. The van der Waals surface area contributed by atoms with E-state index in [1.165, 1.54) is 19.3 Å². The maximum Gasteiger partial charge on any atom is 0.308 e. The maximum atomic E-state index is 12.1. The Balaban J connectivity index is 1.59. The Morgan fingerprint density at radius 1 is 1.11 bits per heavy atom. The van der Waals surface area contributed by atoms with Gasteiger partial charge in [-0.15, -0.1) is 0 Å². The van der Waals surface area contributed by atoms with Gasteiger partial charge in [-0.1, -0.05) is 6.42 Å². The molecule has 2 aliphatic carbocycles. The normalized spacial score (nSPS) is 32.3. The fraction of sp³-hybridized carbons (Fsp3) is 0.857. The maximum absolute atomic E-state index is 12.1. The lowest BCUT2D eigenvalue weighted by Gasteiger charge is -2.27. The summed E-state index contributed by atoms with van der Waals surface area (Å²) in [4.78, 5) is 25.2. The highest BCUT2D eigenvalue weighted by atomic mass is 16.4. The summed E-state index contributed by atoms with van der Waals surface area (Å²) in [5.41, 5.74) is 0. The quantitative estimate of drug-likeness (QED) is 0.828. The highest BCUT2D eigenvalue weighted by Crippen LogP contribution is 2.44. The van der Waals surface area contributed by atoms with E-state index in [0.717, 1.165) is 12.8 Å². The summed E-state index contributed by atoms with van der Waals surface area (Å²) >= 11 is 0. The number of nitrogens with zero attached hydrogens (tertiary/aromatic N) is 1. The molecule has 3 aliphatic rings. The van der Waals surface area contributed by atoms with Crippen LogP contribution in [0.1, 0.15) is 38.5 Å². The van der Waals surface area contributed by atoms with E-state index >= 15 is 0 Å². The number of likely N-dealkylation sites (tertiary alicyclic amines) is 1. The second-order valence-corrected chi connectivity index (χ2v) is 6.25. The summed E-state index contributed by atoms with van der Waals surface area (Å²) in [7, 11) is 0. The number of hydrogen-bond acceptors (Lipinski definition) is 2. The lowest BCUT2D eigenvalue weighted by atomic mass is 9.83. The van der Waals surface area contributed by atoms with Crippen molar-refractivity contribution in [2.45, 2.75) is 38.5 Å². The molecule has 0 aromatic rings. The highest BCUT2D eigenvalue weighted by Gasteiger charge is 2.46. The Kier molecular flexibility index (Phi) is 3.04. The van der Waals surface area contributed by atoms with Crippen molar-refractivity contribution >= 4 is 11.9 Å². The smallest absolute Gasteiger partial charge is 0.308 e. The fourth-order valence-electron chi connectivity index (χ4n) is 3.37. The highest BCUT2D eigenvalue weighted by molar-refractivity contribution is 5.79. The fourth-order valence-corrected chi connectivity index (χ4v) is 3.37. The Bertz CT molecular complexity index is 360. The summed E-state index contributed by atoms with van der Waals surface area (Å²) in [6.07, 6.45) is 6.55. The molecule has 0 radical (unpaired) electrons. The van der Waals surface area contributed by atoms with Gasteiger partial charge in [0.2, 0.25) is 5.91 Å². The molecule has 4 nitrogen and oxygen atoms in total. The minimum atomic E-state index is -0.717. The van der Waals surface area contributed by atoms with Gasteiger partial charge in [-0.3, -0.25) is 9.59 Å². The zero-order valence-corrected chi connectivity index (χ0v) is 10.7. The third-order valence-electron chi connectivity index (χ3n) is 4.95. The van der Waals surface area contributed by atoms with Crippen LogP contribution in [-0.2, 0) is 9.59 Å². The van der Waals surface area contributed by atoms with Gasteiger partial charge in [-0.05, 0) is 43.4 Å². The minimum Gasteiger partial charge on any atom is -0.481 e. The van der Waals surface area contributed by atoms with Crippen molar-refractivity contribution < 1.29 is 14.7 Å². The first-order valence-corrected chi connectivity index (χ1v) is 7.15. The Morgan fingerprint density at radius 3 is 2.33 bits per heavy atom. The van der Waals surface area contributed by atoms with E-state index in [1.54, 1.807) is 0 Å². The number of rotatable bonds is 4. The van der Waals surface area contributed by atoms with Crippen molar-refractivity contribution in [2.24, 2.45) is 23.7 Å². The predicted octanol–water partition coefficient (Wildman–Crippen LogP) is 1.75. The Morgan fingerprint density at radius 2 is 1.83 bits per heavy atom. The van der Waals surface area contributed by atoms with E-state index in [-0.39, 0.29) is 17.7 Å². The van der Waals surface area contributed by atoms with E-state index in [1.807, 2.05) is 4.90 Å². The van der Waals surface area contributed by atoms with Crippen molar-refractivity contribution in [1.29, 1.82) is 0 Å². The first-order valence-electron chi connectivity index (χ1n) is 7.15. The van der Waals surface area contributed by atoms with Crippen LogP contribution in [-0.4, -0.2) is 35.0 Å². The molecule has 1 amide bonds. The van der Waals surface area contributed by atoms with Crippen molar-refractivity contribution in [3.05, 3.63) is 0 Å². The molecule has 2 saturated carbocycles. The van der Waals surface area contributed by atoms with Crippen molar-refractivity contribution in [3.63, 3.8) is 0 Å². The summed E-state index contributed by atoms with van der Waals surface area (Å²) in [6.45, 7) is 1.13. The summed E-state index contributed by atoms with van der Waals surface area (Å²) in [6, 6.07) is 0. The molecule has 3 fully saturated rings. The molecular formula is C14H21NO3. The number of hydrogen-bond donors (Lipinski definition) is 1. The van der Waals surface area contributed by atoms with Crippen molar-refractivity contribution in [2.75, 3.05) is 13.1 Å². The molecule has 1 aliphatic heterocycles. The van der Waals surface area contributed by atoms with Gasteiger partial charge in [-0.25, -0.2) is 0 Å². The van der Waals surface area contributed by atoms with Gasteiger partial charge < -0.3 is 10.0 Å². The topological polar surface area (TPSA) is 57.6 Å². The zero-order valence-electron chi connectivity index (χ0n) is 10.7. The van der Waals surface area contributed by atoms with E-state index < -0.39 is 5.97 Å². The Hall–Kier alpha value is -1.06. The summed E-state index contributed by atoms with van der Waals surface area (Å²) < 4.78 is 0. The molecule has 0 unspecified atom stereocenters. The number of carbonyl (C=O) groups excluding carboxylic acids is 1. The van der Waals surface area contributed by atoms with Crippen LogP contribution < -0.4 is 0 Å². The summed E-state index contributed by atoms with van der Waals surface area (Å²) in [5.74, 6) is 0.504. The molecule has 0 aromatic heterocycles. The molecule has 4 heteroatoms. The monoisotopic (exact) mass is 251 g/mol. The second-order valence-electron chi connectivity index (χ2n) is 6.25. The largest absolute Gasteiger partial charge is 0.481 e. The van der Waals surface area contributed by atoms with Crippen LogP contribution in [0, 0.1) is 23.7 Å². The first kappa shape index (κ1) is 12.0. The second kappa shape index (κ2) is 4.56. The van der Waals surface area contributed by atoms with E-state index in [0.29, 0.717) is 31.3 Å². The molecule has 1 N–H and O–H groups in total. The van der Waals surface area contributed by atoms with Gasteiger partial charge in [-0.2, -0.15) is 0 Å². The molecule has 0 aromatic carbocycles. The van der Waals surface area contributed by atoms with Crippen molar-refractivity contribution in [3.8, 4) is 0 Å². The number of aliphatic carboxylic acids is 1. The molecule has 0 bridgehead atoms. The molecule has 100 valence electrons. The average molecular weight is 251 g/mol. The van der Waals surface area contributed by atoms with Crippen LogP contribution in [0.15, 0.2) is 0 Å². The van der Waals surface area contributed by atoms with Gasteiger partial charge in [0, 0.05) is 19.5 Å². The first-order chi connectivity index (χ1) is 8.65. The lowest BCUT2D eigenvalue weighted by Crippen LogP contribution is -2.32. The van der Waals surface area contributed by atoms with Crippen LogP contribution in [0.3, 0.4) is 0 Å². The van der Waals surface area contributed by atoms with Crippen LogP contribution >= 0.6 is 0 Å². The van der Waals surface area contributed by atoms with Crippen LogP contribution in [0.2, 0.25) is 0 Å². The average Bonchev–Trinajstić information content (AvgIpc) is 3.02. The van der Waals surface area contributed by atoms with Gasteiger partial charge in [0.1, 0.15) is 0 Å². The van der Waals surface area contributed by atoms with E-state index in [9.17, 15) is 14.7 Å². The third-order valence-corrected chi connectivity index (χ3v) is 4.95. The van der Waals surface area contributed by atoms with Crippen molar-refractivity contribution in [1.82, 2.24) is 4.90 Å². The number of carbonyl (C=O) groups is 2. The molecule has 18 heavy (non-hydrogen) atoms. The van der Waals surface area contributed by atoms with Gasteiger partial charge in [0.15, 0.2) is 0 Å². The third kappa shape index (κ3) is 2.25. The minimum absolute atomic E-state index is 0.189. The molecule has 0 spiro atoms. The van der Waals surface area contributed by atoms with Crippen LogP contribution in [0.4, 0.5) is 0 Å². The Labute approximate surface area is 107 Å². The van der Waals surface area contributed by atoms with Crippen LogP contribution in [0.25, 0.3) is 0 Å². The predicted molar refractivity (Wildman–Crippen MR) is 65.9 cm³/mol. The molecule has 1 saturated heterocycles. The van der Waals surface area contributed by atoms with Gasteiger partial charge in [0.25, 0.3) is 0 Å². The van der Waals surface area contributed by atoms with Gasteiger partial charge in [0.05, 0.1) is 5.92 Å². The number of carboxylic acids is 1. The van der Waals surface area contributed by atoms with Gasteiger partial charge >= 0.3 is 5.97 Å². The lowest BCUT2D eigenvalue weighted by molar-refractivity contribution is -0.142. The SMILES string of the molecule is O=C(O)[C@H]1CN(C(=O)CC2CCC2)C[C@@H]1C1CC1. The molecule has 3 rings (SSSR count). The summed E-state index contributed by atoms with van der Waals surface area (Å²) in [5, 5.41) is 9.26. The van der Waals surface area contributed by atoms with Crippen LogP contribution in [0.5, 0.6) is 0 Å². The number of amides is 1. The van der Waals surface area contributed by atoms with E-state index in [4.69, 9.17) is 0 Å². The van der Waals surface area contributed by atoms with E-state index in [2.05, 4.69) is 0 Å².